The lowest BCUT2D eigenvalue weighted by atomic mass is 10.1. The van der Waals surface area contributed by atoms with Gasteiger partial charge in [0, 0.05) is 19.2 Å². The Balaban J connectivity index is 1.75. The molecule has 6 heteroatoms. The van der Waals surface area contributed by atoms with Crippen molar-refractivity contribution in [3.8, 4) is 0 Å². The van der Waals surface area contributed by atoms with Crippen LogP contribution in [0.25, 0.3) is 6.08 Å². The summed E-state index contributed by atoms with van der Waals surface area (Å²) >= 11 is 0. The quantitative estimate of drug-likeness (QED) is 0.822. The van der Waals surface area contributed by atoms with E-state index in [4.69, 9.17) is 5.11 Å². The maximum Gasteiger partial charge on any atom is 0.328 e. The van der Waals surface area contributed by atoms with Gasteiger partial charge in [-0.25, -0.2) is 9.78 Å². The van der Waals surface area contributed by atoms with Gasteiger partial charge < -0.3 is 15.3 Å². The summed E-state index contributed by atoms with van der Waals surface area (Å²) in [6.07, 6.45) is 9.35. The van der Waals surface area contributed by atoms with Gasteiger partial charge >= 0.3 is 5.97 Å². The molecule has 2 heterocycles. The Bertz CT molecular complexity index is 722. The molecule has 1 fully saturated rings. The highest BCUT2D eigenvalue weighted by molar-refractivity contribution is 5.84. The van der Waals surface area contributed by atoms with Gasteiger partial charge in [-0.15, -0.1) is 0 Å². The highest BCUT2D eigenvalue weighted by Crippen LogP contribution is 2.29. The maximum atomic E-state index is 10.5. The van der Waals surface area contributed by atoms with E-state index >= 15 is 0 Å². The topological polar surface area (TPSA) is 78.3 Å². The van der Waals surface area contributed by atoms with E-state index in [-0.39, 0.29) is 0 Å². The Morgan fingerprint density at radius 3 is 2.62 bits per heavy atom. The van der Waals surface area contributed by atoms with E-state index in [1.807, 2.05) is 18.2 Å². The van der Waals surface area contributed by atoms with Gasteiger partial charge in [0.1, 0.15) is 5.82 Å². The van der Waals surface area contributed by atoms with Gasteiger partial charge in [-0.1, -0.05) is 12.1 Å². The molecule has 0 aliphatic carbocycles. The molecule has 0 radical (unpaired) electrons. The van der Waals surface area contributed by atoms with Crippen molar-refractivity contribution in [2.24, 2.45) is 0 Å². The summed E-state index contributed by atoms with van der Waals surface area (Å²) in [4.78, 5) is 21.4. The number of nitrogens with zero attached hydrogens (tertiary/aromatic N) is 3. The number of hydrogen-bond acceptors (Lipinski definition) is 5. The van der Waals surface area contributed by atoms with Gasteiger partial charge in [-0.3, -0.25) is 4.98 Å². The Hall–Kier alpha value is -2.89. The van der Waals surface area contributed by atoms with Crippen molar-refractivity contribution >= 4 is 29.2 Å². The minimum atomic E-state index is -1.01. The van der Waals surface area contributed by atoms with Crippen molar-refractivity contribution in [3.63, 3.8) is 0 Å². The molecule has 1 aliphatic rings. The number of carboxylic acids is 1. The highest BCUT2D eigenvalue weighted by atomic mass is 16.4. The maximum absolute atomic E-state index is 10.5. The van der Waals surface area contributed by atoms with E-state index in [0.29, 0.717) is 11.5 Å². The predicted molar refractivity (Wildman–Crippen MR) is 94.5 cm³/mol. The van der Waals surface area contributed by atoms with Gasteiger partial charge in [0.15, 0.2) is 0 Å². The van der Waals surface area contributed by atoms with Crippen LogP contribution in [-0.2, 0) is 4.79 Å². The number of aliphatic carboxylic acids is 1. The molecule has 0 spiro atoms. The molecule has 24 heavy (non-hydrogen) atoms. The average molecular weight is 324 g/mol. The van der Waals surface area contributed by atoms with E-state index < -0.39 is 5.97 Å². The largest absolute Gasteiger partial charge is 0.478 e. The second-order valence-electron chi connectivity index (χ2n) is 5.69. The molecule has 0 unspecified atom stereocenters. The Labute approximate surface area is 140 Å². The molecule has 1 aromatic carbocycles. The minimum Gasteiger partial charge on any atom is -0.478 e. The number of carbonyl (C=O) groups is 1. The number of nitrogens with one attached hydrogen (secondary N) is 1. The normalized spacial score (nSPS) is 14.8. The monoisotopic (exact) mass is 324 g/mol. The Kier molecular flexibility index (Phi) is 5.05. The Morgan fingerprint density at radius 2 is 1.92 bits per heavy atom. The minimum absolute atomic E-state index is 0.507. The van der Waals surface area contributed by atoms with Crippen LogP contribution in [0.2, 0.25) is 0 Å². The van der Waals surface area contributed by atoms with Crippen LogP contribution in [0.3, 0.4) is 0 Å². The fourth-order valence-corrected chi connectivity index (χ4v) is 2.77. The van der Waals surface area contributed by atoms with Crippen molar-refractivity contribution in [1.29, 1.82) is 0 Å². The van der Waals surface area contributed by atoms with E-state index in [1.54, 1.807) is 12.4 Å². The molecular weight excluding hydrogens is 304 g/mol. The zero-order valence-electron chi connectivity index (χ0n) is 13.4. The van der Waals surface area contributed by atoms with Crippen LogP contribution in [0.1, 0.15) is 25.0 Å². The molecular formula is C18H20N4O2. The summed E-state index contributed by atoms with van der Waals surface area (Å²) in [7, 11) is 0. The molecule has 6 nitrogen and oxygen atoms in total. The van der Waals surface area contributed by atoms with Gasteiger partial charge in [0.25, 0.3) is 0 Å². The summed E-state index contributed by atoms with van der Waals surface area (Å²) in [6, 6.07) is 8.18. The lowest BCUT2D eigenvalue weighted by Crippen LogP contribution is -2.29. The molecule has 3 rings (SSSR count). The van der Waals surface area contributed by atoms with Crippen LogP contribution in [0.5, 0.6) is 0 Å². The van der Waals surface area contributed by atoms with Crippen molar-refractivity contribution in [3.05, 3.63) is 48.4 Å². The van der Waals surface area contributed by atoms with Gasteiger partial charge in [0.2, 0.25) is 0 Å². The second-order valence-corrected chi connectivity index (χ2v) is 5.69. The van der Waals surface area contributed by atoms with Gasteiger partial charge in [0.05, 0.1) is 29.5 Å². The first-order valence-electron chi connectivity index (χ1n) is 8.06. The van der Waals surface area contributed by atoms with E-state index in [0.717, 1.165) is 24.9 Å². The van der Waals surface area contributed by atoms with Gasteiger partial charge in [-0.05, 0) is 37.5 Å². The first-order valence-corrected chi connectivity index (χ1v) is 8.06. The molecule has 2 N–H and O–H groups in total. The predicted octanol–water partition coefficient (Wildman–Crippen LogP) is 3.31. The molecule has 1 saturated heterocycles. The SMILES string of the molecule is O=C(O)C=Cc1cnc(Nc2ccccc2N2CCCCC2)cn1. The van der Waals surface area contributed by atoms with Crippen molar-refractivity contribution in [2.75, 3.05) is 23.3 Å². The molecule has 0 atom stereocenters. The number of carboxylic acid groups (broad SMARTS) is 1. The third-order valence-corrected chi connectivity index (χ3v) is 3.93. The van der Waals surface area contributed by atoms with Crippen LogP contribution in [0.15, 0.2) is 42.7 Å². The van der Waals surface area contributed by atoms with Gasteiger partial charge in [-0.2, -0.15) is 0 Å². The number of aromatic nitrogens is 2. The van der Waals surface area contributed by atoms with Crippen LogP contribution in [0, 0.1) is 0 Å². The molecule has 0 amide bonds. The molecule has 124 valence electrons. The summed E-state index contributed by atoms with van der Waals surface area (Å²) in [5.41, 5.74) is 2.68. The highest BCUT2D eigenvalue weighted by Gasteiger charge is 2.14. The molecule has 1 aromatic heterocycles. The number of hydrogen-bond donors (Lipinski definition) is 2. The first-order chi connectivity index (χ1) is 11.7. The smallest absolute Gasteiger partial charge is 0.328 e. The first kappa shape index (κ1) is 16.0. The number of piperidine rings is 1. The second kappa shape index (κ2) is 7.59. The fourth-order valence-electron chi connectivity index (χ4n) is 2.77. The lowest BCUT2D eigenvalue weighted by Gasteiger charge is -2.30. The van der Waals surface area contributed by atoms with Crippen LogP contribution >= 0.6 is 0 Å². The third-order valence-electron chi connectivity index (χ3n) is 3.93. The third kappa shape index (κ3) is 4.10. The zero-order valence-corrected chi connectivity index (χ0v) is 13.4. The number of benzene rings is 1. The van der Waals surface area contributed by atoms with Crippen molar-refractivity contribution < 1.29 is 9.90 Å². The lowest BCUT2D eigenvalue weighted by molar-refractivity contribution is -0.131. The summed E-state index contributed by atoms with van der Waals surface area (Å²) in [5.74, 6) is -0.374. The van der Waals surface area contributed by atoms with E-state index in [1.165, 1.54) is 31.0 Å². The average Bonchev–Trinajstić information content (AvgIpc) is 2.62. The summed E-state index contributed by atoms with van der Waals surface area (Å²) < 4.78 is 0. The van der Waals surface area contributed by atoms with E-state index in [2.05, 4.69) is 26.3 Å². The summed E-state index contributed by atoms with van der Waals surface area (Å²) in [6.45, 7) is 2.15. The molecule has 2 aromatic rings. The molecule has 1 aliphatic heterocycles. The number of anilines is 3. The van der Waals surface area contributed by atoms with E-state index in [9.17, 15) is 4.79 Å². The number of rotatable bonds is 5. The fraction of sp³-hybridized carbons (Fsp3) is 0.278. The summed E-state index contributed by atoms with van der Waals surface area (Å²) in [5, 5.41) is 11.9. The Morgan fingerprint density at radius 1 is 1.12 bits per heavy atom. The molecule has 0 bridgehead atoms. The van der Waals surface area contributed by atoms with Crippen molar-refractivity contribution in [1.82, 2.24) is 9.97 Å². The standard InChI is InChI=1S/C18H20N4O2/c23-18(24)9-8-14-12-20-17(13-19-14)21-15-6-2-3-7-16(15)22-10-4-1-5-11-22/h2-3,6-9,12-13H,1,4-5,10-11H2,(H,20,21)(H,23,24). The number of para-hydroxylation sites is 2. The van der Waals surface area contributed by atoms with Crippen LogP contribution in [0.4, 0.5) is 17.2 Å². The van der Waals surface area contributed by atoms with Crippen molar-refractivity contribution in [2.45, 2.75) is 19.3 Å². The van der Waals surface area contributed by atoms with Crippen LogP contribution < -0.4 is 10.2 Å². The van der Waals surface area contributed by atoms with Crippen LogP contribution in [-0.4, -0.2) is 34.1 Å². The molecule has 0 saturated carbocycles. The zero-order chi connectivity index (χ0) is 16.8.